The number of alkyl halides is 4. The molecule has 17 heteroatoms. The second kappa shape index (κ2) is 16.3. The van der Waals surface area contributed by atoms with Crippen molar-refractivity contribution in [2.24, 2.45) is 0 Å². The van der Waals surface area contributed by atoms with Gasteiger partial charge in [-0.05, 0) is 129 Å². The third-order valence-electron chi connectivity index (χ3n) is 12.3. The molecule has 0 spiro atoms. The summed E-state index contributed by atoms with van der Waals surface area (Å²) in [6.07, 6.45) is -4.96. The Bertz CT molecular complexity index is 3070. The van der Waals surface area contributed by atoms with Gasteiger partial charge in [0.25, 0.3) is 0 Å². The molecule has 2 aliphatic carbocycles. The number of hydrogen-bond acceptors (Lipinski definition) is 10. The molecular formula is C50H41F5N2O10. The number of fused-ring (bicyclic) bond motifs is 2. The van der Waals surface area contributed by atoms with Gasteiger partial charge in [0.15, 0.2) is 23.0 Å². The fraction of sp³-hybridized carbons (Fsp3) is 0.240. The van der Waals surface area contributed by atoms with Crippen molar-refractivity contribution >= 4 is 23.5 Å². The Morgan fingerprint density at radius 2 is 1.15 bits per heavy atom. The third kappa shape index (κ3) is 8.76. The number of carbonyl (C=O) groups is 4. The number of rotatable bonds is 12. The van der Waals surface area contributed by atoms with E-state index in [0.29, 0.717) is 65.1 Å². The molecule has 2 N–H and O–H groups in total. The summed E-state index contributed by atoms with van der Waals surface area (Å²) in [4.78, 5) is 57.9. The number of benzene rings is 4. The lowest BCUT2D eigenvalue weighted by atomic mass is 9.88. The maximum absolute atomic E-state index is 14.1. The number of ketones is 2. The second-order valence-corrected chi connectivity index (χ2v) is 16.8. The highest BCUT2D eigenvalue weighted by atomic mass is 19.3. The molecule has 2 aliphatic heterocycles. The van der Waals surface area contributed by atoms with Crippen LogP contribution in [-0.4, -0.2) is 56.3 Å². The molecule has 12 nitrogen and oxygen atoms in total. The van der Waals surface area contributed by atoms with Crippen LogP contribution >= 0.6 is 0 Å². The fourth-order valence-corrected chi connectivity index (χ4v) is 8.46. The van der Waals surface area contributed by atoms with E-state index in [2.05, 4.69) is 23.9 Å². The fourth-order valence-electron chi connectivity index (χ4n) is 8.46. The Kier molecular flexibility index (Phi) is 10.8. The van der Waals surface area contributed by atoms with Crippen molar-refractivity contribution in [2.45, 2.75) is 75.8 Å². The van der Waals surface area contributed by atoms with E-state index < -0.39 is 46.7 Å². The molecule has 10 rings (SSSR count). The van der Waals surface area contributed by atoms with Gasteiger partial charge in [0.05, 0.1) is 33.3 Å². The zero-order valence-electron chi connectivity index (χ0n) is 35.5. The van der Waals surface area contributed by atoms with E-state index in [1.54, 1.807) is 48.5 Å². The number of hydrogen-bond donors (Lipinski definition) is 2. The summed E-state index contributed by atoms with van der Waals surface area (Å²) in [5.74, 6) is -3.72. The molecule has 0 unspecified atom stereocenters. The summed E-state index contributed by atoms with van der Waals surface area (Å²) in [5.41, 5.74) is 4.40. The number of aromatic nitrogens is 2. The van der Waals surface area contributed by atoms with Crippen LogP contribution in [0.15, 0.2) is 103 Å². The van der Waals surface area contributed by atoms with E-state index in [9.17, 15) is 46.2 Å². The summed E-state index contributed by atoms with van der Waals surface area (Å²) in [5, 5.41) is 18.2. The lowest BCUT2D eigenvalue weighted by Gasteiger charge is -2.16. The van der Waals surface area contributed by atoms with E-state index in [4.69, 9.17) is 10.1 Å². The van der Waals surface area contributed by atoms with Crippen LogP contribution in [0, 0.1) is 19.7 Å². The molecule has 0 amide bonds. The number of carboxylic acids is 2. The number of aryl methyl sites for hydroxylation is 2. The Morgan fingerprint density at radius 3 is 1.66 bits per heavy atom. The van der Waals surface area contributed by atoms with Crippen LogP contribution in [0.4, 0.5) is 22.0 Å². The van der Waals surface area contributed by atoms with E-state index in [0.717, 1.165) is 28.8 Å². The molecule has 0 bridgehead atoms. The average molecular weight is 925 g/mol. The minimum Gasteiger partial charge on any atom is -0.478 e. The lowest BCUT2D eigenvalue weighted by molar-refractivity contribution is -0.287. The van der Waals surface area contributed by atoms with E-state index >= 15 is 0 Å². The van der Waals surface area contributed by atoms with Crippen molar-refractivity contribution in [2.75, 3.05) is 0 Å². The summed E-state index contributed by atoms with van der Waals surface area (Å²) < 4.78 is 85.4. The van der Waals surface area contributed by atoms with Crippen LogP contribution < -0.4 is 18.9 Å². The molecule has 4 aliphatic rings. The third-order valence-corrected chi connectivity index (χ3v) is 12.3. The van der Waals surface area contributed by atoms with Crippen LogP contribution in [0.5, 0.6) is 23.0 Å². The SMILES string of the molecule is Cc1cc(C(=O)O)ccc1-c1nc(CC(=O)C2(c3ccc4c(c3)OC(F)(F)O4)CC2)ccc1C.O=C(O)c1ccc(-c2cccc(CC(=O)C3(c4ccc5c(c4)OC(F)(F)O5)CC3)n2)cc1F.[HH].[HH]. The summed E-state index contributed by atoms with van der Waals surface area (Å²) in [7, 11) is 0. The van der Waals surface area contributed by atoms with E-state index in [-0.39, 0.29) is 55.8 Å². The number of aromatic carboxylic acids is 2. The zero-order chi connectivity index (χ0) is 47.6. The van der Waals surface area contributed by atoms with Gasteiger partial charge >= 0.3 is 24.5 Å². The number of pyridine rings is 2. The first-order chi connectivity index (χ1) is 31.7. The van der Waals surface area contributed by atoms with Crippen LogP contribution in [0.2, 0.25) is 0 Å². The first-order valence-electron chi connectivity index (χ1n) is 20.9. The van der Waals surface area contributed by atoms with E-state index in [1.165, 1.54) is 36.4 Å². The van der Waals surface area contributed by atoms with Crippen molar-refractivity contribution in [3.8, 4) is 45.5 Å². The molecule has 2 saturated carbocycles. The summed E-state index contributed by atoms with van der Waals surface area (Å²) >= 11 is 0. The molecule has 4 aromatic carbocycles. The number of carboxylic acid groups (broad SMARTS) is 2. The van der Waals surface area contributed by atoms with Crippen LogP contribution in [0.3, 0.4) is 0 Å². The lowest BCUT2D eigenvalue weighted by Crippen LogP contribution is -2.26. The van der Waals surface area contributed by atoms with Gasteiger partial charge in [-0.2, -0.15) is 0 Å². The van der Waals surface area contributed by atoms with Crippen molar-refractivity contribution in [3.63, 3.8) is 0 Å². The summed E-state index contributed by atoms with van der Waals surface area (Å²) in [6, 6.07) is 26.1. The number of Topliss-reactive ketones (excluding diaryl/α,β-unsaturated/α-hetero) is 2. The van der Waals surface area contributed by atoms with Gasteiger partial charge in [-0.3, -0.25) is 19.6 Å². The molecule has 6 aromatic rings. The Morgan fingerprint density at radius 1 is 0.597 bits per heavy atom. The molecule has 2 aromatic heterocycles. The van der Waals surface area contributed by atoms with Crippen molar-refractivity contribution in [1.29, 1.82) is 0 Å². The highest BCUT2D eigenvalue weighted by Crippen LogP contribution is 2.54. The average Bonchev–Trinajstić information content (AvgIpc) is 4.20. The second-order valence-electron chi connectivity index (χ2n) is 16.8. The van der Waals surface area contributed by atoms with Gasteiger partial charge in [-0.25, -0.2) is 14.0 Å². The van der Waals surface area contributed by atoms with Crippen LogP contribution in [0.25, 0.3) is 22.5 Å². The predicted octanol–water partition coefficient (Wildman–Crippen LogP) is 10.5. The zero-order valence-corrected chi connectivity index (χ0v) is 35.5. The number of nitrogens with zero attached hydrogens (tertiary/aromatic N) is 2. The monoisotopic (exact) mass is 924 g/mol. The Hall–Kier alpha value is -7.69. The van der Waals surface area contributed by atoms with Crippen molar-refractivity contribution < 1.29 is 73.1 Å². The minimum atomic E-state index is -3.73. The molecule has 2 fully saturated rings. The maximum atomic E-state index is 14.1. The van der Waals surface area contributed by atoms with Gasteiger partial charge in [-0.15, -0.1) is 17.6 Å². The topological polar surface area (TPSA) is 171 Å². The maximum Gasteiger partial charge on any atom is 0.586 e. The van der Waals surface area contributed by atoms with Crippen LogP contribution in [0.1, 0.15) is 82.9 Å². The molecule has 0 saturated heterocycles. The first-order valence-corrected chi connectivity index (χ1v) is 20.9. The Balaban J connectivity index is 0.000000198. The molecule has 67 heavy (non-hydrogen) atoms. The van der Waals surface area contributed by atoms with Crippen molar-refractivity contribution in [3.05, 3.63) is 154 Å². The van der Waals surface area contributed by atoms with Gasteiger partial charge in [-0.1, -0.05) is 36.4 Å². The molecular weight excluding hydrogens is 884 g/mol. The molecule has 4 heterocycles. The van der Waals surface area contributed by atoms with Gasteiger partial charge in [0.2, 0.25) is 0 Å². The van der Waals surface area contributed by atoms with Gasteiger partial charge in [0.1, 0.15) is 17.4 Å². The smallest absolute Gasteiger partial charge is 0.478 e. The molecule has 0 radical (unpaired) electrons. The number of carbonyl (C=O) groups excluding carboxylic acids is 2. The minimum absolute atomic E-state index is 0. The van der Waals surface area contributed by atoms with Crippen molar-refractivity contribution in [1.82, 2.24) is 9.97 Å². The van der Waals surface area contributed by atoms with E-state index in [1.807, 2.05) is 19.9 Å². The predicted molar refractivity (Wildman–Crippen MR) is 231 cm³/mol. The number of halogens is 5. The molecule has 0 atom stereocenters. The number of ether oxygens (including phenoxy) is 4. The van der Waals surface area contributed by atoms with Gasteiger partial charge < -0.3 is 29.2 Å². The highest BCUT2D eigenvalue weighted by Gasteiger charge is 2.53. The molecule has 346 valence electrons. The summed E-state index contributed by atoms with van der Waals surface area (Å²) in [6.45, 7) is 3.73. The van der Waals surface area contributed by atoms with Crippen LogP contribution in [-0.2, 0) is 33.3 Å². The normalized spacial score (nSPS) is 16.9. The quantitative estimate of drug-likeness (QED) is 0.111. The largest absolute Gasteiger partial charge is 0.586 e. The highest BCUT2D eigenvalue weighted by molar-refractivity contribution is 5.96. The Labute approximate surface area is 380 Å². The first kappa shape index (κ1) is 44.5. The van der Waals surface area contributed by atoms with Gasteiger partial charge in [0, 0.05) is 38.2 Å². The standard InChI is InChI=1S/C26H21F2NO5.C24H16F3NO5.2H2/c1-14-3-6-18(29-23(14)19-7-4-16(24(31)32)11-15(19)2)13-22(30)25(9-10-25)17-5-8-20-21(12-17)34-26(27,28)33-20;25-17-10-13(4-6-16(17)22(30)31)18-3-1-2-15(28-18)12-21(29)23(8-9-23)14-5-7-19-20(11-14)33-24(26,27)32-19;;/h3-8,11-12H,9-10,13H2,1-2H3,(H,31,32);1-7,10-11H,8-9,12H2,(H,30,31);2*1H.